The second-order valence-corrected chi connectivity index (χ2v) is 11.2. The number of aromatic carboxylic acids is 8. The molecule has 0 spiro atoms. The quantitative estimate of drug-likeness (QED) is 0.0741. The highest BCUT2D eigenvalue weighted by molar-refractivity contribution is 6.06. The fourth-order valence-corrected chi connectivity index (χ4v) is 5.41. The summed E-state index contributed by atoms with van der Waals surface area (Å²) >= 11 is 0. The van der Waals surface area contributed by atoms with Crippen LogP contribution < -0.4 is 4.74 Å². The lowest BCUT2D eigenvalue weighted by Crippen LogP contribution is -2.55. The van der Waals surface area contributed by atoms with E-state index in [0.29, 0.717) is 0 Å². The molecule has 4 aromatic carbocycles. The Labute approximate surface area is 315 Å². The number of benzene rings is 4. The summed E-state index contributed by atoms with van der Waals surface area (Å²) in [6.45, 7) is 0. The Hall–Kier alpha value is -7.98. The van der Waals surface area contributed by atoms with E-state index < -0.39 is 133 Å². The molecule has 0 aromatic heterocycles. The van der Waals surface area contributed by atoms with Gasteiger partial charge in [0.1, 0.15) is 22.6 Å². The molecule has 0 aliphatic heterocycles. The minimum Gasteiger partial charge on any atom is -0.478 e. The third-order valence-corrected chi connectivity index (χ3v) is 7.84. The van der Waals surface area contributed by atoms with Crippen molar-refractivity contribution in [2.24, 2.45) is 0 Å². The van der Waals surface area contributed by atoms with Gasteiger partial charge in [-0.15, -0.1) is 0 Å². The largest absolute Gasteiger partial charge is 0.478 e. The van der Waals surface area contributed by atoms with Crippen LogP contribution in [0.2, 0.25) is 0 Å². The first kappa shape index (κ1) is 44.4. The minimum atomic E-state index is -6.27. The van der Waals surface area contributed by atoms with Gasteiger partial charge < -0.3 is 45.6 Å². The Balaban J connectivity index is 0.000000322. The van der Waals surface area contributed by atoms with Crippen LogP contribution in [0.25, 0.3) is 0 Å². The molecule has 0 saturated heterocycles. The maximum atomic E-state index is 14.2. The van der Waals surface area contributed by atoms with Crippen LogP contribution in [0.5, 0.6) is 11.5 Å². The zero-order valence-electron chi connectivity index (χ0n) is 27.9. The van der Waals surface area contributed by atoms with Gasteiger partial charge in [-0.3, -0.25) is 0 Å². The number of alkyl halides is 6. The molecule has 0 fully saturated rings. The van der Waals surface area contributed by atoms with Crippen molar-refractivity contribution in [3.8, 4) is 11.5 Å². The SMILES string of the molecule is O=C(O)c1ccc(C(c2ccc(C(=O)O)c(C(=O)O)c2)(C(F)(F)F)C(F)(F)F)cc1C(=O)O.O=C(O)c1cccc(Oc2cccc(C(=O)O)c2C(=O)O)c1C(=O)O. The summed E-state index contributed by atoms with van der Waals surface area (Å²) in [5.41, 5.74) is -16.1. The molecule has 23 heteroatoms. The molecule has 58 heavy (non-hydrogen) atoms. The number of halogens is 6. The molecular formula is C35H20F6O17. The second-order valence-electron chi connectivity index (χ2n) is 11.2. The maximum Gasteiger partial charge on any atom is 0.411 e. The Kier molecular flexibility index (Phi) is 12.6. The molecule has 0 heterocycles. The molecule has 17 nitrogen and oxygen atoms in total. The van der Waals surface area contributed by atoms with E-state index in [-0.39, 0.29) is 36.4 Å². The van der Waals surface area contributed by atoms with Crippen molar-refractivity contribution in [2.75, 3.05) is 0 Å². The average molecular weight is 827 g/mol. The summed E-state index contributed by atoms with van der Waals surface area (Å²) < 4.78 is 90.3. The van der Waals surface area contributed by atoms with Crippen LogP contribution in [0.4, 0.5) is 26.3 Å². The van der Waals surface area contributed by atoms with Crippen molar-refractivity contribution in [1.29, 1.82) is 0 Å². The van der Waals surface area contributed by atoms with E-state index in [0.717, 1.165) is 24.3 Å². The Morgan fingerprint density at radius 3 is 0.914 bits per heavy atom. The van der Waals surface area contributed by atoms with Crippen LogP contribution in [0, 0.1) is 0 Å². The lowest BCUT2D eigenvalue weighted by molar-refractivity contribution is -0.288. The number of rotatable bonds is 12. The van der Waals surface area contributed by atoms with E-state index in [1.165, 1.54) is 12.1 Å². The molecule has 0 aliphatic rings. The molecule has 304 valence electrons. The van der Waals surface area contributed by atoms with E-state index in [1.807, 2.05) is 0 Å². The molecule has 0 amide bonds. The molecule has 0 unspecified atom stereocenters. The van der Waals surface area contributed by atoms with Crippen LogP contribution in [0.1, 0.15) is 94.0 Å². The molecule has 0 aliphatic carbocycles. The van der Waals surface area contributed by atoms with Crippen LogP contribution in [0.15, 0.2) is 72.8 Å². The standard InChI is InChI=1S/C19H10F6O8.C16H10O9/c20-18(21,22)17(19(23,24)25,7-1-3-9(13(26)27)11(5-7)15(30)31)8-2-4-10(14(28)29)12(6-8)16(32)33;17-13(18)7-3-1-5-9(11(7)15(21)22)25-10-6-2-4-8(14(19)20)12(10)16(23)24/h1-6H,(H,26,27)(H,28,29)(H,30,31)(H,32,33);1-6H,(H,17,18)(H,19,20)(H,21,22)(H,23,24). The smallest absolute Gasteiger partial charge is 0.411 e. The van der Waals surface area contributed by atoms with Gasteiger partial charge in [0.05, 0.1) is 33.4 Å². The summed E-state index contributed by atoms with van der Waals surface area (Å²) in [7, 11) is 0. The van der Waals surface area contributed by atoms with Gasteiger partial charge in [-0.05, 0) is 59.7 Å². The van der Waals surface area contributed by atoms with E-state index in [1.54, 1.807) is 0 Å². The fourth-order valence-electron chi connectivity index (χ4n) is 5.41. The van der Waals surface area contributed by atoms with E-state index in [9.17, 15) is 74.9 Å². The first-order valence-corrected chi connectivity index (χ1v) is 14.9. The summed E-state index contributed by atoms with van der Waals surface area (Å²) in [5, 5.41) is 72.9. The van der Waals surface area contributed by atoms with Gasteiger partial charge in [0, 0.05) is 0 Å². The predicted octanol–water partition coefficient (Wildman–Crippen LogP) is 6.16. The third-order valence-electron chi connectivity index (χ3n) is 7.84. The van der Waals surface area contributed by atoms with Gasteiger partial charge in [0.15, 0.2) is 0 Å². The first-order chi connectivity index (χ1) is 26.7. The molecule has 8 N–H and O–H groups in total. The van der Waals surface area contributed by atoms with Crippen molar-refractivity contribution in [2.45, 2.75) is 17.8 Å². The molecule has 0 bridgehead atoms. The topological polar surface area (TPSA) is 308 Å². The molecule has 4 aromatic rings. The number of carbonyl (C=O) groups is 8. The van der Waals surface area contributed by atoms with Crippen molar-refractivity contribution in [3.63, 3.8) is 0 Å². The van der Waals surface area contributed by atoms with Crippen molar-refractivity contribution in [3.05, 3.63) is 128 Å². The highest BCUT2D eigenvalue weighted by Crippen LogP contribution is 2.56. The third kappa shape index (κ3) is 8.46. The van der Waals surface area contributed by atoms with Crippen molar-refractivity contribution in [1.82, 2.24) is 0 Å². The Morgan fingerprint density at radius 2 is 0.672 bits per heavy atom. The van der Waals surface area contributed by atoms with Gasteiger partial charge in [-0.1, -0.05) is 24.3 Å². The summed E-state index contributed by atoms with van der Waals surface area (Å²) in [6, 6.07) is 7.20. The number of hydrogen-bond donors (Lipinski definition) is 8. The molecular weight excluding hydrogens is 806 g/mol. The van der Waals surface area contributed by atoms with Crippen LogP contribution in [-0.2, 0) is 5.41 Å². The monoisotopic (exact) mass is 826 g/mol. The minimum absolute atomic E-state index is 0.0996. The molecule has 0 saturated carbocycles. The highest BCUT2D eigenvalue weighted by atomic mass is 19.4. The Bertz CT molecular complexity index is 2230. The second kappa shape index (κ2) is 16.4. The first-order valence-electron chi connectivity index (χ1n) is 14.9. The summed E-state index contributed by atoms with van der Waals surface area (Å²) in [6.07, 6.45) is -12.5. The lowest BCUT2D eigenvalue weighted by atomic mass is 9.71. The van der Waals surface area contributed by atoms with Crippen molar-refractivity contribution < 1.29 is 110 Å². The normalized spacial score (nSPS) is 11.3. The Morgan fingerprint density at radius 1 is 0.379 bits per heavy atom. The van der Waals surface area contributed by atoms with Gasteiger partial charge in [-0.25, -0.2) is 38.4 Å². The molecule has 0 atom stereocenters. The van der Waals surface area contributed by atoms with Gasteiger partial charge in [-0.2, -0.15) is 26.3 Å². The number of hydrogen-bond acceptors (Lipinski definition) is 9. The molecule has 0 radical (unpaired) electrons. The zero-order chi connectivity index (χ0) is 44.2. The van der Waals surface area contributed by atoms with Gasteiger partial charge >= 0.3 is 60.1 Å². The van der Waals surface area contributed by atoms with E-state index >= 15 is 0 Å². The zero-order valence-corrected chi connectivity index (χ0v) is 27.9. The molecule has 4 rings (SSSR count). The number of carboxylic acids is 8. The van der Waals surface area contributed by atoms with Crippen LogP contribution >= 0.6 is 0 Å². The van der Waals surface area contributed by atoms with E-state index in [4.69, 9.17) is 35.4 Å². The number of ether oxygens (including phenoxy) is 1. The maximum absolute atomic E-state index is 14.2. The van der Waals surface area contributed by atoms with Crippen LogP contribution in [0.3, 0.4) is 0 Å². The summed E-state index contributed by atoms with van der Waals surface area (Å²) in [5.74, 6) is -15.3. The average Bonchev–Trinajstić information content (AvgIpc) is 3.10. The van der Waals surface area contributed by atoms with Gasteiger partial charge in [0.2, 0.25) is 5.41 Å². The summed E-state index contributed by atoms with van der Waals surface area (Å²) in [4.78, 5) is 90.0. The fraction of sp³-hybridized carbons (Fsp3) is 0.0857. The van der Waals surface area contributed by atoms with Crippen LogP contribution in [-0.4, -0.2) is 101 Å². The number of carboxylic acid groups (broad SMARTS) is 8. The highest BCUT2D eigenvalue weighted by Gasteiger charge is 2.72. The van der Waals surface area contributed by atoms with Crippen molar-refractivity contribution >= 4 is 47.8 Å². The van der Waals surface area contributed by atoms with E-state index in [2.05, 4.69) is 0 Å². The van der Waals surface area contributed by atoms with Gasteiger partial charge in [0.25, 0.3) is 0 Å². The lowest BCUT2D eigenvalue weighted by Gasteiger charge is -2.38. The predicted molar refractivity (Wildman–Crippen MR) is 174 cm³/mol.